The number of nitro benzene ring substituents is 1. The molecule has 2 aromatic carbocycles. The summed E-state index contributed by atoms with van der Waals surface area (Å²) < 4.78 is 43.9. The number of benzene rings is 2. The normalized spacial score (nSPS) is 11.3. The van der Waals surface area contributed by atoms with Crippen molar-refractivity contribution >= 4 is 17.4 Å². The molecule has 22 heavy (non-hydrogen) atoms. The lowest BCUT2D eigenvalue weighted by Crippen LogP contribution is -2.09. The van der Waals surface area contributed by atoms with E-state index in [1.807, 2.05) is 6.26 Å². The third kappa shape index (κ3) is 3.70. The van der Waals surface area contributed by atoms with Gasteiger partial charge in [-0.25, -0.2) is 0 Å². The van der Waals surface area contributed by atoms with Gasteiger partial charge >= 0.3 is 6.18 Å². The Hall–Kier alpha value is -2.22. The van der Waals surface area contributed by atoms with Crippen molar-refractivity contribution in [1.29, 1.82) is 0 Å². The predicted octanol–water partition coefficient (Wildman–Crippen LogP) is 5.13. The number of thioether (sulfide) groups is 1. The lowest BCUT2D eigenvalue weighted by Gasteiger charge is -2.11. The van der Waals surface area contributed by atoms with Crippen molar-refractivity contribution in [2.24, 2.45) is 0 Å². The number of alkyl halides is 3. The van der Waals surface area contributed by atoms with Gasteiger partial charge in [-0.3, -0.25) is 10.1 Å². The van der Waals surface area contributed by atoms with E-state index in [1.54, 1.807) is 24.3 Å². The van der Waals surface area contributed by atoms with Crippen LogP contribution in [0.4, 0.5) is 18.9 Å². The molecule has 0 bridgehead atoms. The van der Waals surface area contributed by atoms with Crippen molar-refractivity contribution in [2.45, 2.75) is 11.1 Å². The number of hydrogen-bond acceptors (Lipinski definition) is 4. The lowest BCUT2D eigenvalue weighted by atomic mass is 10.1. The largest absolute Gasteiger partial charge is 0.457 e. The maximum Gasteiger partial charge on any atom is 0.423 e. The van der Waals surface area contributed by atoms with Crippen molar-refractivity contribution in [3.8, 4) is 11.5 Å². The van der Waals surface area contributed by atoms with E-state index in [1.165, 1.54) is 11.8 Å². The van der Waals surface area contributed by atoms with Crippen LogP contribution in [0.1, 0.15) is 5.56 Å². The van der Waals surface area contributed by atoms with E-state index in [4.69, 9.17) is 4.74 Å². The van der Waals surface area contributed by atoms with Gasteiger partial charge in [0.25, 0.3) is 5.69 Å². The van der Waals surface area contributed by atoms with E-state index in [2.05, 4.69) is 0 Å². The molecule has 0 aliphatic heterocycles. The molecule has 0 heterocycles. The van der Waals surface area contributed by atoms with Crippen molar-refractivity contribution in [3.63, 3.8) is 0 Å². The molecule has 0 aliphatic carbocycles. The first-order valence-corrected chi connectivity index (χ1v) is 7.21. The van der Waals surface area contributed by atoms with E-state index in [-0.39, 0.29) is 5.75 Å². The van der Waals surface area contributed by atoms with Crippen molar-refractivity contribution in [3.05, 3.63) is 58.1 Å². The number of nitro groups is 1. The molecule has 0 radical (unpaired) electrons. The third-order valence-corrected chi connectivity index (χ3v) is 3.51. The summed E-state index contributed by atoms with van der Waals surface area (Å²) in [5.74, 6) is 0.231. The molecule has 0 aromatic heterocycles. The van der Waals surface area contributed by atoms with E-state index in [9.17, 15) is 23.3 Å². The number of nitrogens with zero attached hydrogens (tertiary/aromatic N) is 1. The zero-order chi connectivity index (χ0) is 16.3. The first-order chi connectivity index (χ1) is 10.3. The number of hydrogen-bond donors (Lipinski definition) is 0. The molecule has 0 saturated heterocycles. The summed E-state index contributed by atoms with van der Waals surface area (Å²) in [5, 5.41) is 10.7. The Morgan fingerprint density at radius 3 is 2.18 bits per heavy atom. The zero-order valence-corrected chi connectivity index (χ0v) is 12.1. The average Bonchev–Trinajstić information content (AvgIpc) is 2.47. The SMILES string of the molecule is CSc1ccc(Oc2ccc([N+](=O)[O-])c(C(F)(F)F)c2)cc1. The summed E-state index contributed by atoms with van der Waals surface area (Å²) in [5.41, 5.74) is -2.34. The molecule has 8 heteroatoms. The van der Waals surface area contributed by atoms with Gasteiger partial charge in [0.05, 0.1) is 4.92 Å². The fraction of sp³-hybridized carbons (Fsp3) is 0.143. The molecule has 0 unspecified atom stereocenters. The van der Waals surface area contributed by atoms with Gasteiger partial charge in [-0.2, -0.15) is 13.2 Å². The van der Waals surface area contributed by atoms with Gasteiger partial charge in [0.1, 0.15) is 17.1 Å². The van der Waals surface area contributed by atoms with Crippen molar-refractivity contribution in [1.82, 2.24) is 0 Å². The van der Waals surface area contributed by atoms with E-state index < -0.39 is 22.4 Å². The fourth-order valence-corrected chi connectivity index (χ4v) is 2.15. The monoisotopic (exact) mass is 329 g/mol. The molecule has 0 aliphatic rings. The van der Waals surface area contributed by atoms with Gasteiger partial charge in [0.2, 0.25) is 0 Å². The number of rotatable bonds is 4. The molecular formula is C14H10F3NO3S. The molecule has 2 rings (SSSR count). The minimum absolute atomic E-state index is 0.116. The average molecular weight is 329 g/mol. The molecular weight excluding hydrogens is 319 g/mol. The summed E-state index contributed by atoms with van der Waals surface area (Å²) in [4.78, 5) is 10.6. The van der Waals surface area contributed by atoms with Crippen LogP contribution in [0.5, 0.6) is 11.5 Å². The van der Waals surface area contributed by atoms with Gasteiger partial charge in [-0.1, -0.05) is 0 Å². The zero-order valence-electron chi connectivity index (χ0n) is 11.3. The van der Waals surface area contributed by atoms with Gasteiger partial charge in [0, 0.05) is 11.0 Å². The van der Waals surface area contributed by atoms with E-state index in [0.717, 1.165) is 17.0 Å². The predicted molar refractivity (Wildman–Crippen MR) is 76.4 cm³/mol. The standard InChI is InChI=1S/C14H10F3NO3S/c1-22-11-5-2-9(3-6-11)21-10-4-7-13(18(19)20)12(8-10)14(15,16)17/h2-8H,1H3. The smallest absolute Gasteiger partial charge is 0.423 e. The summed E-state index contributed by atoms with van der Waals surface area (Å²) in [7, 11) is 0. The molecule has 4 nitrogen and oxygen atoms in total. The van der Waals surface area contributed by atoms with Gasteiger partial charge < -0.3 is 4.74 Å². The van der Waals surface area contributed by atoms with Gasteiger partial charge in [-0.15, -0.1) is 11.8 Å². The van der Waals surface area contributed by atoms with E-state index >= 15 is 0 Å². The fourth-order valence-electron chi connectivity index (χ4n) is 1.74. The van der Waals surface area contributed by atoms with Crippen molar-refractivity contribution in [2.75, 3.05) is 6.26 Å². The minimum Gasteiger partial charge on any atom is -0.457 e. The topological polar surface area (TPSA) is 52.4 Å². The Morgan fingerprint density at radius 1 is 1.09 bits per heavy atom. The maximum absolute atomic E-state index is 12.9. The van der Waals surface area contributed by atoms with Gasteiger partial charge in [0.15, 0.2) is 0 Å². The molecule has 0 spiro atoms. The van der Waals surface area contributed by atoms with Crippen LogP contribution in [0.2, 0.25) is 0 Å². The lowest BCUT2D eigenvalue weighted by molar-refractivity contribution is -0.388. The quantitative estimate of drug-likeness (QED) is 0.443. The molecule has 0 fully saturated rings. The van der Waals surface area contributed by atoms with Crippen molar-refractivity contribution < 1.29 is 22.8 Å². The third-order valence-electron chi connectivity index (χ3n) is 2.77. The summed E-state index contributed by atoms with van der Waals surface area (Å²) in [6.07, 6.45) is -2.94. The molecule has 0 amide bonds. The Kier molecular flexibility index (Phi) is 4.60. The Balaban J connectivity index is 2.33. The van der Waals surface area contributed by atoms with Crippen LogP contribution in [0.25, 0.3) is 0 Å². The second-order valence-electron chi connectivity index (χ2n) is 4.21. The second kappa shape index (κ2) is 6.27. The first-order valence-electron chi connectivity index (χ1n) is 5.99. The summed E-state index contributed by atoms with van der Waals surface area (Å²) in [6.45, 7) is 0. The molecule has 0 N–H and O–H groups in total. The second-order valence-corrected chi connectivity index (χ2v) is 5.09. The highest BCUT2D eigenvalue weighted by molar-refractivity contribution is 7.98. The van der Waals surface area contributed by atoms with Crippen LogP contribution in [0, 0.1) is 10.1 Å². The minimum atomic E-state index is -4.83. The van der Waals surface area contributed by atoms with Crippen LogP contribution in [0.3, 0.4) is 0 Å². The molecule has 2 aromatic rings. The van der Waals surface area contributed by atoms with Crippen LogP contribution < -0.4 is 4.74 Å². The van der Waals surface area contributed by atoms with Gasteiger partial charge in [-0.05, 0) is 42.7 Å². The van der Waals surface area contributed by atoms with Crippen LogP contribution >= 0.6 is 11.8 Å². The summed E-state index contributed by atoms with van der Waals surface area (Å²) in [6, 6.07) is 9.29. The summed E-state index contributed by atoms with van der Waals surface area (Å²) >= 11 is 1.52. The Labute approximate surface area is 128 Å². The van der Waals surface area contributed by atoms with Crippen LogP contribution in [-0.2, 0) is 6.18 Å². The Bertz CT molecular complexity index is 687. The van der Waals surface area contributed by atoms with Crippen LogP contribution in [0.15, 0.2) is 47.4 Å². The highest BCUT2D eigenvalue weighted by atomic mass is 32.2. The molecule has 116 valence electrons. The molecule has 0 saturated carbocycles. The number of ether oxygens (including phenoxy) is 1. The highest BCUT2D eigenvalue weighted by Gasteiger charge is 2.38. The first kappa shape index (κ1) is 16.2. The Morgan fingerprint density at radius 2 is 1.68 bits per heavy atom. The molecule has 0 atom stereocenters. The highest BCUT2D eigenvalue weighted by Crippen LogP contribution is 2.39. The number of halogens is 3. The van der Waals surface area contributed by atoms with E-state index in [0.29, 0.717) is 11.8 Å². The maximum atomic E-state index is 12.9. The van der Waals surface area contributed by atoms with Crippen LogP contribution in [-0.4, -0.2) is 11.2 Å².